The zero-order chi connectivity index (χ0) is 16.2. The first kappa shape index (κ1) is 15.8. The highest BCUT2D eigenvalue weighted by Gasteiger charge is 2.11. The lowest BCUT2D eigenvalue weighted by atomic mass is 10.2. The van der Waals surface area contributed by atoms with Crippen LogP contribution in [0.15, 0.2) is 47.6 Å². The summed E-state index contributed by atoms with van der Waals surface area (Å²) in [4.78, 5) is 0. The van der Waals surface area contributed by atoms with Crippen LogP contribution in [0.5, 0.6) is 5.75 Å². The van der Waals surface area contributed by atoms with Gasteiger partial charge in [0.2, 0.25) is 5.16 Å². The molecule has 0 aliphatic rings. The second kappa shape index (κ2) is 6.97. The Morgan fingerprint density at radius 2 is 2.00 bits per heavy atom. The molecule has 0 saturated heterocycles. The molecule has 0 aliphatic heterocycles. The standard InChI is InChI=1S/C15H12ClFN4OS/c1-22-12-5-2-10(3-6-12)9-23-15-18-19-20-21(15)11-4-7-14(17)13(16)8-11/h2-8H,9H2,1H3. The number of rotatable bonds is 5. The average Bonchev–Trinajstić information content (AvgIpc) is 3.04. The largest absolute Gasteiger partial charge is 0.497 e. The maximum absolute atomic E-state index is 13.3. The first-order chi connectivity index (χ1) is 11.2. The van der Waals surface area contributed by atoms with Crippen molar-refractivity contribution in [1.29, 1.82) is 0 Å². The minimum atomic E-state index is -0.476. The van der Waals surface area contributed by atoms with Crippen molar-refractivity contribution in [2.45, 2.75) is 10.9 Å². The van der Waals surface area contributed by atoms with Crippen molar-refractivity contribution in [3.05, 3.63) is 58.9 Å². The lowest BCUT2D eigenvalue weighted by Crippen LogP contribution is -1.99. The number of nitrogens with zero attached hydrogens (tertiary/aromatic N) is 4. The molecule has 0 amide bonds. The van der Waals surface area contributed by atoms with Gasteiger partial charge in [-0.3, -0.25) is 0 Å². The van der Waals surface area contributed by atoms with Crippen LogP contribution in [0.1, 0.15) is 5.56 Å². The molecule has 3 rings (SSSR count). The third kappa shape index (κ3) is 3.62. The second-order valence-corrected chi connectivity index (χ2v) is 5.96. The molecule has 0 saturated carbocycles. The number of hydrogen-bond donors (Lipinski definition) is 0. The molecule has 0 N–H and O–H groups in total. The fraction of sp³-hybridized carbons (Fsp3) is 0.133. The summed E-state index contributed by atoms with van der Waals surface area (Å²) >= 11 is 7.28. The van der Waals surface area contributed by atoms with E-state index in [2.05, 4.69) is 15.5 Å². The van der Waals surface area contributed by atoms with Crippen LogP contribution >= 0.6 is 23.4 Å². The minimum Gasteiger partial charge on any atom is -0.497 e. The predicted molar refractivity (Wildman–Crippen MR) is 86.7 cm³/mol. The van der Waals surface area contributed by atoms with E-state index < -0.39 is 5.82 Å². The minimum absolute atomic E-state index is 0.0316. The number of benzene rings is 2. The maximum Gasteiger partial charge on any atom is 0.214 e. The third-order valence-electron chi connectivity index (χ3n) is 3.12. The van der Waals surface area contributed by atoms with Gasteiger partial charge in [0.25, 0.3) is 0 Å². The second-order valence-electron chi connectivity index (χ2n) is 4.61. The van der Waals surface area contributed by atoms with Gasteiger partial charge >= 0.3 is 0 Å². The Bertz CT molecular complexity index is 809. The summed E-state index contributed by atoms with van der Waals surface area (Å²) in [6.07, 6.45) is 0. The highest BCUT2D eigenvalue weighted by molar-refractivity contribution is 7.98. The average molecular weight is 351 g/mol. The molecule has 0 spiro atoms. The first-order valence-electron chi connectivity index (χ1n) is 6.67. The van der Waals surface area contributed by atoms with Gasteiger partial charge in [0.1, 0.15) is 11.6 Å². The number of aromatic nitrogens is 4. The van der Waals surface area contributed by atoms with Crippen molar-refractivity contribution in [3.8, 4) is 11.4 Å². The molecule has 0 radical (unpaired) electrons. The van der Waals surface area contributed by atoms with Crippen molar-refractivity contribution < 1.29 is 9.13 Å². The molecule has 118 valence electrons. The Balaban J connectivity index is 1.76. The van der Waals surface area contributed by atoms with Gasteiger partial charge in [-0.05, 0) is 46.3 Å². The highest BCUT2D eigenvalue weighted by Crippen LogP contribution is 2.25. The topological polar surface area (TPSA) is 52.8 Å². The number of halogens is 2. The van der Waals surface area contributed by atoms with Crippen LogP contribution in [-0.4, -0.2) is 27.3 Å². The van der Waals surface area contributed by atoms with Crippen LogP contribution in [-0.2, 0) is 5.75 Å². The maximum atomic E-state index is 13.3. The molecule has 3 aromatic rings. The van der Waals surface area contributed by atoms with E-state index in [0.29, 0.717) is 16.6 Å². The van der Waals surface area contributed by atoms with E-state index >= 15 is 0 Å². The van der Waals surface area contributed by atoms with Crippen LogP contribution in [0.2, 0.25) is 5.02 Å². The summed E-state index contributed by atoms with van der Waals surface area (Å²) in [5.74, 6) is 1.03. The molecule has 1 heterocycles. The van der Waals surface area contributed by atoms with E-state index in [1.54, 1.807) is 13.2 Å². The van der Waals surface area contributed by atoms with Crippen molar-refractivity contribution >= 4 is 23.4 Å². The van der Waals surface area contributed by atoms with E-state index in [9.17, 15) is 4.39 Å². The van der Waals surface area contributed by atoms with Gasteiger partial charge in [-0.2, -0.15) is 4.68 Å². The number of methoxy groups -OCH3 is 1. The molecule has 0 atom stereocenters. The fourth-order valence-corrected chi connectivity index (χ4v) is 2.94. The molecular weight excluding hydrogens is 339 g/mol. The summed E-state index contributed by atoms with van der Waals surface area (Å²) in [7, 11) is 1.63. The Kier molecular flexibility index (Phi) is 4.78. The van der Waals surface area contributed by atoms with Crippen LogP contribution in [0.3, 0.4) is 0 Å². The molecule has 23 heavy (non-hydrogen) atoms. The number of tetrazole rings is 1. The van der Waals surface area contributed by atoms with E-state index in [0.717, 1.165) is 11.3 Å². The van der Waals surface area contributed by atoms with E-state index in [1.165, 1.54) is 28.6 Å². The third-order valence-corrected chi connectivity index (χ3v) is 4.40. The molecular formula is C15H12ClFN4OS. The molecule has 0 bridgehead atoms. The summed E-state index contributed by atoms with van der Waals surface area (Å²) in [5, 5.41) is 12.2. The van der Waals surface area contributed by atoms with E-state index in [-0.39, 0.29) is 5.02 Å². The Morgan fingerprint density at radius 3 is 2.70 bits per heavy atom. The SMILES string of the molecule is COc1ccc(CSc2nnnn2-c2ccc(F)c(Cl)c2)cc1. The molecule has 5 nitrogen and oxygen atoms in total. The molecule has 2 aromatic carbocycles. The van der Waals surface area contributed by atoms with Gasteiger partial charge in [-0.15, -0.1) is 5.10 Å². The molecule has 8 heteroatoms. The highest BCUT2D eigenvalue weighted by atomic mass is 35.5. The summed E-state index contributed by atoms with van der Waals surface area (Å²) in [5.41, 5.74) is 1.72. The van der Waals surface area contributed by atoms with Gasteiger partial charge in [0, 0.05) is 5.75 Å². The number of thioether (sulfide) groups is 1. The van der Waals surface area contributed by atoms with Gasteiger partial charge in [0.05, 0.1) is 17.8 Å². The van der Waals surface area contributed by atoms with Crippen molar-refractivity contribution in [2.24, 2.45) is 0 Å². The smallest absolute Gasteiger partial charge is 0.214 e. The molecule has 0 unspecified atom stereocenters. The van der Waals surface area contributed by atoms with Gasteiger partial charge < -0.3 is 4.74 Å². The number of ether oxygens (including phenoxy) is 1. The van der Waals surface area contributed by atoms with Gasteiger partial charge in [-0.1, -0.05) is 35.5 Å². The van der Waals surface area contributed by atoms with Crippen LogP contribution in [0.25, 0.3) is 5.69 Å². The zero-order valence-corrected chi connectivity index (χ0v) is 13.7. The summed E-state index contributed by atoms with van der Waals surface area (Å²) in [6, 6.07) is 12.1. The molecule has 0 fully saturated rings. The fourth-order valence-electron chi connectivity index (χ4n) is 1.92. The Morgan fingerprint density at radius 1 is 1.22 bits per heavy atom. The molecule has 0 aliphatic carbocycles. The Labute approximate surface area is 141 Å². The van der Waals surface area contributed by atoms with Crippen LogP contribution in [0, 0.1) is 5.82 Å². The van der Waals surface area contributed by atoms with E-state index in [1.807, 2.05) is 24.3 Å². The van der Waals surface area contributed by atoms with Crippen LogP contribution < -0.4 is 4.74 Å². The van der Waals surface area contributed by atoms with Crippen molar-refractivity contribution in [2.75, 3.05) is 7.11 Å². The van der Waals surface area contributed by atoms with Crippen molar-refractivity contribution in [1.82, 2.24) is 20.2 Å². The summed E-state index contributed by atoms with van der Waals surface area (Å²) in [6.45, 7) is 0. The molecule has 1 aromatic heterocycles. The number of hydrogen-bond acceptors (Lipinski definition) is 5. The Hall–Kier alpha value is -2.12. The summed E-state index contributed by atoms with van der Waals surface area (Å²) < 4.78 is 19.9. The zero-order valence-electron chi connectivity index (χ0n) is 12.1. The lowest BCUT2D eigenvalue weighted by Gasteiger charge is -2.06. The quantitative estimate of drug-likeness (QED) is 0.656. The first-order valence-corrected chi connectivity index (χ1v) is 8.03. The van der Waals surface area contributed by atoms with E-state index in [4.69, 9.17) is 16.3 Å². The lowest BCUT2D eigenvalue weighted by molar-refractivity contribution is 0.414. The normalized spacial score (nSPS) is 10.7. The predicted octanol–water partition coefficient (Wildman–Crippen LogP) is 3.76. The van der Waals surface area contributed by atoms with Crippen molar-refractivity contribution in [3.63, 3.8) is 0 Å². The van der Waals surface area contributed by atoms with Crippen LogP contribution in [0.4, 0.5) is 4.39 Å². The van der Waals surface area contributed by atoms with Gasteiger partial charge in [-0.25, -0.2) is 4.39 Å². The monoisotopic (exact) mass is 350 g/mol. The van der Waals surface area contributed by atoms with Gasteiger partial charge in [0.15, 0.2) is 0 Å².